The highest BCUT2D eigenvalue weighted by Crippen LogP contribution is 2.32. The molecule has 1 aliphatic rings. The predicted molar refractivity (Wildman–Crippen MR) is 66.5 cm³/mol. The van der Waals surface area contributed by atoms with Crippen molar-refractivity contribution in [3.8, 4) is 5.75 Å². The fraction of sp³-hybridized carbons (Fsp3) is 0.500. The van der Waals surface area contributed by atoms with Crippen LogP contribution in [-0.4, -0.2) is 6.61 Å². The van der Waals surface area contributed by atoms with Crippen molar-refractivity contribution in [3.05, 3.63) is 28.2 Å². The summed E-state index contributed by atoms with van der Waals surface area (Å²) in [7, 11) is 0. The van der Waals surface area contributed by atoms with Gasteiger partial charge in [-0.15, -0.1) is 11.6 Å². The van der Waals surface area contributed by atoms with Gasteiger partial charge in [-0.1, -0.05) is 28.8 Å². The maximum atomic E-state index is 5.81. The second-order valence-corrected chi connectivity index (χ2v) is 5.09. The molecule has 15 heavy (non-hydrogen) atoms. The van der Waals surface area contributed by atoms with E-state index < -0.39 is 0 Å². The maximum absolute atomic E-state index is 5.81. The summed E-state index contributed by atoms with van der Waals surface area (Å²) in [5, 5.41) is 0. The molecule has 1 fully saturated rings. The van der Waals surface area contributed by atoms with Gasteiger partial charge in [0.1, 0.15) is 5.75 Å². The molecule has 3 heteroatoms. The lowest BCUT2D eigenvalue weighted by Gasteiger charge is -2.07. The van der Waals surface area contributed by atoms with Gasteiger partial charge in [0.2, 0.25) is 0 Å². The molecule has 0 spiro atoms. The van der Waals surface area contributed by atoms with E-state index in [1.807, 2.05) is 18.2 Å². The van der Waals surface area contributed by atoms with Gasteiger partial charge in [-0.05, 0) is 36.1 Å². The predicted octanol–water partition coefficient (Wildman–Crippen LogP) is 4.37. The summed E-state index contributed by atoms with van der Waals surface area (Å²) in [5.41, 5.74) is 1.08. The van der Waals surface area contributed by atoms with Gasteiger partial charge >= 0.3 is 0 Å². The smallest absolute Gasteiger partial charge is 0.119 e. The number of alkyl halides is 1. The standard InChI is InChI=1S/C12H14BrClO/c13-12-4-3-11(7-10(12)8-14)15-6-5-9-1-2-9/h3-4,7,9H,1-2,5-6,8H2. The third-order valence-corrected chi connectivity index (χ3v) is 3.71. The van der Waals surface area contributed by atoms with Gasteiger partial charge in [0.25, 0.3) is 0 Å². The molecule has 1 saturated carbocycles. The molecular weight excluding hydrogens is 275 g/mol. The zero-order valence-electron chi connectivity index (χ0n) is 8.51. The van der Waals surface area contributed by atoms with Gasteiger partial charge < -0.3 is 4.74 Å². The zero-order chi connectivity index (χ0) is 10.7. The summed E-state index contributed by atoms with van der Waals surface area (Å²) < 4.78 is 6.72. The summed E-state index contributed by atoms with van der Waals surface area (Å²) in [4.78, 5) is 0. The van der Waals surface area contributed by atoms with E-state index in [0.717, 1.165) is 28.3 Å². The van der Waals surface area contributed by atoms with Crippen molar-refractivity contribution in [1.29, 1.82) is 0 Å². The van der Waals surface area contributed by atoms with Crippen LogP contribution >= 0.6 is 27.5 Å². The van der Waals surface area contributed by atoms with Crippen LogP contribution in [0.2, 0.25) is 0 Å². The molecule has 0 atom stereocenters. The van der Waals surface area contributed by atoms with Crippen LogP contribution in [0.1, 0.15) is 24.8 Å². The van der Waals surface area contributed by atoms with Crippen LogP contribution in [-0.2, 0) is 5.88 Å². The maximum Gasteiger partial charge on any atom is 0.119 e. The topological polar surface area (TPSA) is 9.23 Å². The number of ether oxygens (including phenoxy) is 1. The van der Waals surface area contributed by atoms with Gasteiger partial charge in [0.15, 0.2) is 0 Å². The van der Waals surface area contributed by atoms with Crippen molar-refractivity contribution >= 4 is 27.5 Å². The van der Waals surface area contributed by atoms with Crippen molar-refractivity contribution in [3.63, 3.8) is 0 Å². The van der Waals surface area contributed by atoms with Crippen molar-refractivity contribution in [2.45, 2.75) is 25.1 Å². The van der Waals surface area contributed by atoms with Gasteiger partial charge in [0.05, 0.1) is 6.61 Å². The van der Waals surface area contributed by atoms with E-state index in [9.17, 15) is 0 Å². The van der Waals surface area contributed by atoms with Gasteiger partial charge in [-0.3, -0.25) is 0 Å². The molecule has 0 heterocycles. The second-order valence-electron chi connectivity index (χ2n) is 3.97. The van der Waals surface area contributed by atoms with Gasteiger partial charge in [0, 0.05) is 10.4 Å². The molecular formula is C12H14BrClO. The summed E-state index contributed by atoms with van der Waals surface area (Å²) >= 11 is 9.27. The molecule has 0 saturated heterocycles. The Bertz CT molecular complexity index is 336. The summed E-state index contributed by atoms with van der Waals surface area (Å²) in [6.07, 6.45) is 3.96. The van der Waals surface area contributed by atoms with Crippen molar-refractivity contribution in [2.75, 3.05) is 6.61 Å². The molecule has 2 rings (SSSR count). The molecule has 1 aromatic carbocycles. The summed E-state index contributed by atoms with van der Waals surface area (Å²) in [6.45, 7) is 0.827. The Kier molecular flexibility index (Phi) is 3.92. The minimum absolute atomic E-state index is 0.514. The third-order valence-electron chi connectivity index (χ3n) is 2.65. The number of rotatable bonds is 5. The molecule has 0 amide bonds. The average Bonchev–Trinajstić information content (AvgIpc) is 3.04. The van der Waals surface area contributed by atoms with E-state index in [-0.39, 0.29) is 0 Å². The number of halogens is 2. The first-order valence-electron chi connectivity index (χ1n) is 5.27. The minimum Gasteiger partial charge on any atom is -0.494 e. The second kappa shape index (κ2) is 5.22. The lowest BCUT2D eigenvalue weighted by Crippen LogP contribution is -1.98. The fourth-order valence-corrected chi connectivity index (χ4v) is 2.26. The Hall–Kier alpha value is -0.210. The van der Waals surface area contributed by atoms with Crippen molar-refractivity contribution in [1.82, 2.24) is 0 Å². The molecule has 82 valence electrons. The van der Waals surface area contributed by atoms with Crippen LogP contribution in [0.5, 0.6) is 5.75 Å². The Morgan fingerprint density at radius 2 is 2.20 bits per heavy atom. The highest BCUT2D eigenvalue weighted by Gasteiger charge is 2.20. The highest BCUT2D eigenvalue weighted by atomic mass is 79.9. The van der Waals surface area contributed by atoms with E-state index in [0.29, 0.717) is 5.88 Å². The minimum atomic E-state index is 0.514. The molecule has 0 aromatic heterocycles. The molecule has 0 aliphatic heterocycles. The van der Waals surface area contributed by atoms with Crippen LogP contribution in [0.4, 0.5) is 0 Å². The molecule has 1 nitrogen and oxygen atoms in total. The van der Waals surface area contributed by atoms with Crippen LogP contribution in [0.25, 0.3) is 0 Å². The zero-order valence-corrected chi connectivity index (χ0v) is 10.9. The molecule has 1 aromatic rings. The summed E-state index contributed by atoms with van der Waals surface area (Å²) in [6, 6.07) is 5.97. The molecule has 0 N–H and O–H groups in total. The largest absolute Gasteiger partial charge is 0.494 e. The quantitative estimate of drug-likeness (QED) is 0.732. The molecule has 0 radical (unpaired) electrons. The molecule has 0 bridgehead atoms. The monoisotopic (exact) mass is 288 g/mol. The van der Waals surface area contributed by atoms with Crippen LogP contribution in [0.15, 0.2) is 22.7 Å². The van der Waals surface area contributed by atoms with Gasteiger partial charge in [-0.2, -0.15) is 0 Å². The lowest BCUT2D eigenvalue weighted by molar-refractivity contribution is 0.302. The first-order chi connectivity index (χ1) is 7.29. The number of benzene rings is 1. The van der Waals surface area contributed by atoms with Crippen molar-refractivity contribution in [2.24, 2.45) is 5.92 Å². The highest BCUT2D eigenvalue weighted by molar-refractivity contribution is 9.10. The lowest BCUT2D eigenvalue weighted by atomic mass is 10.2. The molecule has 0 unspecified atom stereocenters. The Balaban J connectivity index is 1.89. The van der Waals surface area contributed by atoms with E-state index >= 15 is 0 Å². The van der Waals surface area contributed by atoms with Crippen LogP contribution < -0.4 is 4.74 Å². The summed E-state index contributed by atoms with van der Waals surface area (Å²) in [5.74, 6) is 2.36. The van der Waals surface area contributed by atoms with E-state index in [1.54, 1.807) is 0 Å². The van der Waals surface area contributed by atoms with Crippen LogP contribution in [0, 0.1) is 5.92 Å². The average molecular weight is 290 g/mol. The first-order valence-corrected chi connectivity index (χ1v) is 6.59. The Labute approximate surface area is 104 Å². The number of hydrogen-bond acceptors (Lipinski definition) is 1. The molecule has 1 aliphatic carbocycles. The van der Waals surface area contributed by atoms with Gasteiger partial charge in [-0.25, -0.2) is 0 Å². The SMILES string of the molecule is ClCc1cc(OCCC2CC2)ccc1Br. The Morgan fingerprint density at radius 3 is 2.87 bits per heavy atom. The van der Waals surface area contributed by atoms with Crippen molar-refractivity contribution < 1.29 is 4.74 Å². The van der Waals surface area contributed by atoms with E-state index in [4.69, 9.17) is 16.3 Å². The normalized spacial score (nSPS) is 15.3. The fourth-order valence-electron chi connectivity index (χ4n) is 1.49. The number of hydrogen-bond donors (Lipinski definition) is 0. The van der Waals surface area contributed by atoms with Crippen LogP contribution in [0.3, 0.4) is 0 Å². The first kappa shape index (κ1) is 11.3. The van der Waals surface area contributed by atoms with E-state index in [2.05, 4.69) is 15.9 Å². The third kappa shape index (κ3) is 3.39. The Morgan fingerprint density at radius 1 is 1.40 bits per heavy atom. The van der Waals surface area contributed by atoms with E-state index in [1.165, 1.54) is 19.3 Å².